The van der Waals surface area contributed by atoms with Crippen molar-refractivity contribution < 1.29 is 0 Å². The van der Waals surface area contributed by atoms with Gasteiger partial charge in [-0.2, -0.15) is 0 Å². The van der Waals surface area contributed by atoms with Gasteiger partial charge < -0.3 is 0 Å². The highest BCUT2D eigenvalue weighted by Gasteiger charge is 2.43. The van der Waals surface area contributed by atoms with E-state index in [1.54, 1.807) is 0 Å². The molecule has 1 aromatic heterocycles. The monoisotopic (exact) mass is 634 g/mol. The minimum absolute atomic E-state index is 0.153. The van der Waals surface area contributed by atoms with E-state index >= 15 is 0 Å². The summed E-state index contributed by atoms with van der Waals surface area (Å²) in [4.78, 5) is 7.42. The predicted molar refractivity (Wildman–Crippen MR) is 201 cm³/mol. The fraction of sp³-hybridized carbons (Fsp3) is 0.133. The number of rotatable bonds is 3. The van der Waals surface area contributed by atoms with E-state index in [0.717, 1.165) is 24.2 Å². The maximum Gasteiger partial charge on any atom is 0.111 e. The molecular formula is C45H34N2S. The van der Waals surface area contributed by atoms with Crippen molar-refractivity contribution in [1.29, 1.82) is 0 Å². The molecule has 0 saturated heterocycles. The highest BCUT2D eigenvalue weighted by molar-refractivity contribution is 7.99. The average molecular weight is 635 g/mol. The van der Waals surface area contributed by atoms with Crippen molar-refractivity contribution in [2.24, 2.45) is 11.3 Å². The Morgan fingerprint density at radius 1 is 0.854 bits per heavy atom. The van der Waals surface area contributed by atoms with Gasteiger partial charge in [0, 0.05) is 21.1 Å². The Bertz CT molecular complexity index is 2620. The van der Waals surface area contributed by atoms with Crippen LogP contribution in [0.5, 0.6) is 0 Å². The van der Waals surface area contributed by atoms with E-state index in [-0.39, 0.29) is 11.3 Å². The molecule has 2 atom stereocenters. The highest BCUT2D eigenvalue weighted by Crippen LogP contribution is 2.53. The topological polar surface area (TPSA) is 17.8 Å². The van der Waals surface area contributed by atoms with Crippen molar-refractivity contribution in [2.75, 3.05) is 0 Å². The molecule has 0 bridgehead atoms. The molecule has 48 heavy (non-hydrogen) atoms. The number of allylic oxidation sites excluding steroid dienone is 8. The van der Waals surface area contributed by atoms with E-state index in [9.17, 15) is 0 Å². The third-order valence-electron chi connectivity index (χ3n) is 10.9. The van der Waals surface area contributed by atoms with Crippen molar-refractivity contribution in [3.05, 3.63) is 173 Å². The summed E-state index contributed by atoms with van der Waals surface area (Å²) in [5.74, 6) is 1.18. The normalized spacial score (nSPS) is 20.8. The Morgan fingerprint density at radius 2 is 1.69 bits per heavy atom. The number of imidazole rings is 1. The van der Waals surface area contributed by atoms with Gasteiger partial charge in [-0.25, -0.2) is 4.98 Å². The molecule has 6 aromatic rings. The number of fused-ring (bicyclic) bond motifs is 5. The van der Waals surface area contributed by atoms with Crippen molar-refractivity contribution in [2.45, 2.75) is 36.5 Å². The van der Waals surface area contributed by atoms with E-state index in [0.29, 0.717) is 0 Å². The summed E-state index contributed by atoms with van der Waals surface area (Å²) in [6.45, 7) is 4.59. The molecule has 0 fully saturated rings. The lowest BCUT2D eigenvalue weighted by Crippen LogP contribution is -2.45. The van der Waals surface area contributed by atoms with Crippen molar-refractivity contribution in [3.8, 4) is 5.69 Å². The lowest BCUT2D eigenvalue weighted by Gasteiger charge is -2.44. The molecule has 0 spiro atoms. The van der Waals surface area contributed by atoms with Crippen LogP contribution in [-0.4, -0.2) is 9.55 Å². The first-order valence-corrected chi connectivity index (χ1v) is 17.8. The molecule has 1 aliphatic heterocycles. The zero-order valence-electron chi connectivity index (χ0n) is 27.1. The standard InChI is InChI=1S/C45H34N2S/c1-28-46-38-20-11-21-40-44(38)47(28)39-23-22-31(27-41(39)48-40)32-24-25-45(2)37(26-32)42(34-19-10-15-29-12-6-7-16-33(29)34)35-17-8-9-18-36(35)43(45)30-13-4-3-5-14-30/h3-4,6-13,15-27,37H,5,14H2,1-2H3. The maximum atomic E-state index is 4.88. The molecule has 0 N–H and O–H groups in total. The van der Waals surface area contributed by atoms with Gasteiger partial charge >= 0.3 is 0 Å². The zero-order chi connectivity index (χ0) is 32.0. The molecule has 5 aromatic carbocycles. The van der Waals surface area contributed by atoms with Crippen molar-refractivity contribution in [1.82, 2.24) is 9.55 Å². The molecule has 4 aliphatic rings. The van der Waals surface area contributed by atoms with E-state index in [2.05, 4.69) is 158 Å². The van der Waals surface area contributed by atoms with E-state index in [1.807, 2.05) is 11.8 Å². The summed E-state index contributed by atoms with van der Waals surface area (Å²) >= 11 is 1.86. The summed E-state index contributed by atoms with van der Waals surface area (Å²) in [5, 5.41) is 5.31. The summed E-state index contributed by atoms with van der Waals surface area (Å²) < 4.78 is 2.33. The first-order chi connectivity index (χ1) is 23.6. The smallest absolute Gasteiger partial charge is 0.111 e. The van der Waals surface area contributed by atoms with Crippen LogP contribution >= 0.6 is 11.8 Å². The van der Waals surface area contributed by atoms with Crippen molar-refractivity contribution >= 4 is 50.3 Å². The summed E-state index contributed by atoms with van der Waals surface area (Å²) in [6.07, 6.45) is 16.6. The number of nitrogens with zero attached hydrogens (tertiary/aromatic N) is 2. The van der Waals surface area contributed by atoms with Crippen LogP contribution in [0.1, 0.15) is 36.7 Å². The van der Waals surface area contributed by atoms with Crippen LogP contribution in [0.25, 0.3) is 44.2 Å². The van der Waals surface area contributed by atoms with E-state index in [1.165, 1.54) is 75.6 Å². The van der Waals surface area contributed by atoms with E-state index < -0.39 is 0 Å². The van der Waals surface area contributed by atoms with Gasteiger partial charge in [0.15, 0.2) is 0 Å². The van der Waals surface area contributed by atoms with Gasteiger partial charge in [-0.15, -0.1) is 0 Å². The minimum atomic E-state index is -0.206. The molecule has 3 heteroatoms. The van der Waals surface area contributed by atoms with Gasteiger partial charge in [0.2, 0.25) is 0 Å². The predicted octanol–water partition coefficient (Wildman–Crippen LogP) is 9.87. The Morgan fingerprint density at radius 3 is 2.58 bits per heavy atom. The second kappa shape index (κ2) is 10.4. The number of benzene rings is 5. The molecule has 0 radical (unpaired) electrons. The van der Waals surface area contributed by atoms with Crippen LogP contribution in [-0.2, 0) is 0 Å². The third-order valence-corrected chi connectivity index (χ3v) is 12.0. The van der Waals surface area contributed by atoms with Gasteiger partial charge in [0.1, 0.15) is 5.82 Å². The molecule has 10 rings (SSSR count). The summed E-state index contributed by atoms with van der Waals surface area (Å²) in [6, 6.07) is 38.3. The van der Waals surface area contributed by atoms with Gasteiger partial charge in [-0.3, -0.25) is 4.57 Å². The SMILES string of the molecule is Cc1nc2cccc3c2n1-c1ccc(C2=CC4C(c5cccc6ccccc56)=c5ccccc5=C(C5=CC=CCC5)C4(C)C=C2)cc1S3. The molecule has 0 saturated carbocycles. The largest absolute Gasteiger partial charge is 0.294 e. The fourth-order valence-electron chi connectivity index (χ4n) is 8.75. The number of hydrogen-bond donors (Lipinski definition) is 0. The van der Waals surface area contributed by atoms with Gasteiger partial charge in [-0.05, 0) is 98.7 Å². The lowest BCUT2D eigenvalue weighted by atomic mass is 9.59. The fourth-order valence-corrected chi connectivity index (χ4v) is 9.88. The Hall–Kier alpha value is -5.12. The molecule has 3 aliphatic carbocycles. The van der Waals surface area contributed by atoms with E-state index in [4.69, 9.17) is 4.98 Å². The van der Waals surface area contributed by atoms with Gasteiger partial charge in [-0.1, -0.05) is 134 Å². The average Bonchev–Trinajstić information content (AvgIpc) is 3.47. The number of aromatic nitrogens is 2. The second-order valence-corrected chi connectivity index (χ2v) is 14.7. The molecule has 230 valence electrons. The lowest BCUT2D eigenvalue weighted by molar-refractivity contribution is 0.477. The number of hydrogen-bond acceptors (Lipinski definition) is 2. The quantitative estimate of drug-likeness (QED) is 0.193. The second-order valence-electron chi connectivity index (χ2n) is 13.6. The molecule has 2 nitrogen and oxygen atoms in total. The molecule has 0 amide bonds. The Labute approximate surface area is 284 Å². The first kappa shape index (κ1) is 27.9. The molecule has 2 heterocycles. The van der Waals surface area contributed by atoms with Crippen LogP contribution in [0.2, 0.25) is 0 Å². The van der Waals surface area contributed by atoms with Crippen LogP contribution in [0.15, 0.2) is 155 Å². The van der Waals surface area contributed by atoms with Crippen LogP contribution in [0, 0.1) is 18.3 Å². The number of para-hydroxylation sites is 1. The highest BCUT2D eigenvalue weighted by atomic mass is 32.2. The Balaban J connectivity index is 1.21. The minimum Gasteiger partial charge on any atom is -0.294 e. The van der Waals surface area contributed by atoms with Crippen LogP contribution < -0.4 is 10.4 Å². The van der Waals surface area contributed by atoms with Crippen LogP contribution in [0.4, 0.5) is 0 Å². The number of aryl methyl sites for hydroxylation is 1. The summed E-state index contributed by atoms with van der Waals surface area (Å²) in [7, 11) is 0. The van der Waals surface area contributed by atoms with Gasteiger partial charge in [0.25, 0.3) is 0 Å². The maximum absolute atomic E-state index is 4.88. The zero-order valence-corrected chi connectivity index (χ0v) is 27.9. The third kappa shape index (κ3) is 3.98. The first-order valence-electron chi connectivity index (χ1n) is 17.0. The van der Waals surface area contributed by atoms with Crippen molar-refractivity contribution in [3.63, 3.8) is 0 Å². The Kier molecular flexibility index (Phi) is 6.08. The summed E-state index contributed by atoms with van der Waals surface area (Å²) in [5.41, 5.74) is 11.5. The molecular weight excluding hydrogens is 601 g/mol. The molecule has 2 unspecified atom stereocenters. The van der Waals surface area contributed by atoms with Crippen LogP contribution in [0.3, 0.4) is 0 Å². The van der Waals surface area contributed by atoms with Gasteiger partial charge in [0.05, 0.1) is 16.7 Å².